The molecule has 0 aliphatic heterocycles. The van der Waals surface area contributed by atoms with Gasteiger partial charge in [-0.25, -0.2) is 0 Å². The molecule has 0 saturated heterocycles. The third-order valence-corrected chi connectivity index (χ3v) is 3.94. The van der Waals surface area contributed by atoms with Gasteiger partial charge >= 0.3 is 33.2 Å². The standard InChI is InChI=1S/C16H12O3S.Mg.2H/c1-2-20(17,18)19-16-9-5-8-14-10-12-6-3-4-7-13(12)11-15(14)16;;;/h2-11H,1H2;;;/q;+2;2*-1. The van der Waals surface area contributed by atoms with Crippen molar-refractivity contribution in [2.75, 3.05) is 0 Å². The fraction of sp³-hybridized carbons (Fsp3) is 0. The minimum absolute atomic E-state index is 0. The van der Waals surface area contributed by atoms with Crippen molar-refractivity contribution < 1.29 is 15.5 Å². The van der Waals surface area contributed by atoms with Crippen LogP contribution in [0.4, 0.5) is 0 Å². The van der Waals surface area contributed by atoms with Crippen LogP contribution in [-0.4, -0.2) is 31.5 Å². The molecular weight excluding hydrogens is 297 g/mol. The summed E-state index contributed by atoms with van der Waals surface area (Å²) < 4.78 is 28.1. The van der Waals surface area contributed by atoms with Crippen LogP contribution in [0.25, 0.3) is 21.5 Å². The zero-order valence-electron chi connectivity index (χ0n) is 13.3. The van der Waals surface area contributed by atoms with E-state index in [1.165, 1.54) is 0 Å². The van der Waals surface area contributed by atoms with Crippen molar-refractivity contribution in [3.05, 3.63) is 66.6 Å². The summed E-state index contributed by atoms with van der Waals surface area (Å²) in [5, 5.41) is 4.63. The van der Waals surface area contributed by atoms with E-state index in [2.05, 4.69) is 6.58 Å². The number of hydrogen-bond donors (Lipinski definition) is 0. The molecule has 0 aliphatic rings. The van der Waals surface area contributed by atoms with Crippen LogP contribution in [0, 0.1) is 0 Å². The first-order valence-electron chi connectivity index (χ1n) is 6.07. The van der Waals surface area contributed by atoms with Gasteiger partial charge in [0.1, 0.15) is 0 Å². The summed E-state index contributed by atoms with van der Waals surface area (Å²) in [6.07, 6.45) is 0. The second-order valence-corrected chi connectivity index (χ2v) is 5.91. The average molecular weight is 311 g/mol. The van der Waals surface area contributed by atoms with Crippen LogP contribution in [0.1, 0.15) is 2.85 Å². The summed E-state index contributed by atoms with van der Waals surface area (Å²) in [6.45, 7) is 3.25. The van der Waals surface area contributed by atoms with Gasteiger partial charge in [0.25, 0.3) is 0 Å². The van der Waals surface area contributed by atoms with E-state index < -0.39 is 10.1 Å². The Bertz CT molecular complexity index is 927. The quantitative estimate of drug-likeness (QED) is 0.421. The molecule has 0 radical (unpaired) electrons. The summed E-state index contributed by atoms with van der Waals surface area (Å²) in [7, 11) is -3.75. The topological polar surface area (TPSA) is 43.4 Å². The molecule has 0 heterocycles. The SMILES string of the molecule is C=CS(=O)(=O)Oc1cccc2cc3ccccc3cc12.[H-].[H-].[Mg+2]. The van der Waals surface area contributed by atoms with Crippen LogP contribution in [0.2, 0.25) is 0 Å². The molecular formula is C16H14MgO3S. The summed E-state index contributed by atoms with van der Waals surface area (Å²) in [5.74, 6) is 0.313. The molecule has 0 aliphatic carbocycles. The maximum atomic E-state index is 11.5. The first kappa shape index (κ1) is 15.8. The monoisotopic (exact) mass is 310 g/mol. The van der Waals surface area contributed by atoms with Crippen LogP contribution in [0.15, 0.2) is 66.6 Å². The molecule has 5 heteroatoms. The number of fused-ring (bicyclic) bond motifs is 2. The van der Waals surface area contributed by atoms with E-state index in [1.807, 2.05) is 42.5 Å². The van der Waals surface area contributed by atoms with Crippen molar-refractivity contribution in [3.63, 3.8) is 0 Å². The fourth-order valence-corrected chi connectivity index (χ4v) is 2.63. The molecule has 3 aromatic rings. The predicted octanol–water partition coefficient (Wildman–Crippen LogP) is 3.69. The molecule has 104 valence electrons. The Labute approximate surface area is 142 Å². The van der Waals surface area contributed by atoms with E-state index in [0.29, 0.717) is 5.75 Å². The van der Waals surface area contributed by atoms with Gasteiger partial charge in [-0.1, -0.05) is 43.0 Å². The first-order valence-corrected chi connectivity index (χ1v) is 7.55. The number of benzene rings is 3. The molecule has 0 amide bonds. The van der Waals surface area contributed by atoms with E-state index in [0.717, 1.165) is 27.0 Å². The Hall–Kier alpha value is -1.56. The van der Waals surface area contributed by atoms with Crippen molar-refractivity contribution in [1.82, 2.24) is 0 Å². The number of rotatable bonds is 3. The summed E-state index contributed by atoms with van der Waals surface area (Å²) in [4.78, 5) is 0. The Morgan fingerprint density at radius 2 is 1.57 bits per heavy atom. The maximum Gasteiger partial charge on any atom is 2.00 e. The second kappa shape index (κ2) is 6.05. The summed E-state index contributed by atoms with van der Waals surface area (Å²) >= 11 is 0. The van der Waals surface area contributed by atoms with Gasteiger partial charge in [0, 0.05) is 5.39 Å². The average Bonchev–Trinajstić information content (AvgIpc) is 2.45. The molecule has 21 heavy (non-hydrogen) atoms. The van der Waals surface area contributed by atoms with E-state index in [1.54, 1.807) is 12.1 Å². The van der Waals surface area contributed by atoms with E-state index in [9.17, 15) is 8.42 Å². The Balaban J connectivity index is 0.00000161. The zero-order chi connectivity index (χ0) is 14.2. The Morgan fingerprint density at radius 1 is 0.952 bits per heavy atom. The van der Waals surface area contributed by atoms with E-state index >= 15 is 0 Å². The van der Waals surface area contributed by atoms with Gasteiger partial charge in [0.2, 0.25) is 0 Å². The molecule has 3 rings (SSSR count). The molecule has 0 atom stereocenters. The smallest absolute Gasteiger partial charge is 1.00 e. The predicted molar refractivity (Wildman–Crippen MR) is 89.2 cm³/mol. The van der Waals surface area contributed by atoms with E-state index in [4.69, 9.17) is 4.18 Å². The molecule has 3 nitrogen and oxygen atoms in total. The molecule has 0 N–H and O–H groups in total. The molecule has 0 bridgehead atoms. The third kappa shape index (κ3) is 3.20. The molecule has 0 unspecified atom stereocenters. The first-order chi connectivity index (χ1) is 9.59. The van der Waals surface area contributed by atoms with E-state index in [-0.39, 0.29) is 25.9 Å². The van der Waals surface area contributed by atoms with Crippen LogP contribution in [-0.2, 0) is 10.1 Å². The van der Waals surface area contributed by atoms with Crippen molar-refractivity contribution in [3.8, 4) is 5.75 Å². The maximum absolute atomic E-state index is 11.5. The number of hydrogen-bond acceptors (Lipinski definition) is 3. The molecule has 3 aromatic carbocycles. The van der Waals surface area contributed by atoms with Crippen LogP contribution >= 0.6 is 0 Å². The Morgan fingerprint density at radius 3 is 2.24 bits per heavy atom. The van der Waals surface area contributed by atoms with Crippen molar-refractivity contribution >= 4 is 54.7 Å². The van der Waals surface area contributed by atoms with Crippen LogP contribution in [0.5, 0.6) is 5.75 Å². The Kier molecular flexibility index (Phi) is 4.56. The van der Waals surface area contributed by atoms with Gasteiger partial charge in [0.05, 0.1) is 5.41 Å². The van der Waals surface area contributed by atoms with Crippen LogP contribution in [0.3, 0.4) is 0 Å². The van der Waals surface area contributed by atoms with Crippen molar-refractivity contribution in [2.45, 2.75) is 0 Å². The molecule has 0 spiro atoms. The van der Waals surface area contributed by atoms with Gasteiger partial charge in [-0.05, 0) is 34.4 Å². The molecule has 0 aromatic heterocycles. The largest absolute Gasteiger partial charge is 2.00 e. The fourth-order valence-electron chi connectivity index (χ4n) is 2.17. The van der Waals surface area contributed by atoms with Gasteiger partial charge < -0.3 is 7.04 Å². The molecule has 0 fully saturated rings. The van der Waals surface area contributed by atoms with Gasteiger partial charge in [-0.2, -0.15) is 8.42 Å². The van der Waals surface area contributed by atoms with Gasteiger partial charge in [0.15, 0.2) is 5.75 Å². The van der Waals surface area contributed by atoms with Crippen molar-refractivity contribution in [2.24, 2.45) is 0 Å². The van der Waals surface area contributed by atoms with Gasteiger partial charge in [-0.3, -0.25) is 0 Å². The minimum Gasteiger partial charge on any atom is -1.00 e. The third-order valence-electron chi connectivity index (χ3n) is 3.12. The second-order valence-electron chi connectivity index (χ2n) is 4.42. The van der Waals surface area contributed by atoms with Crippen molar-refractivity contribution in [1.29, 1.82) is 0 Å². The van der Waals surface area contributed by atoms with Gasteiger partial charge in [-0.15, -0.1) is 0 Å². The normalized spacial score (nSPS) is 11.0. The summed E-state index contributed by atoms with van der Waals surface area (Å²) in [6, 6.07) is 17.2. The molecule has 0 saturated carbocycles. The zero-order valence-corrected chi connectivity index (χ0v) is 13.6. The minimum atomic E-state index is -3.75. The van der Waals surface area contributed by atoms with Crippen LogP contribution < -0.4 is 4.18 Å². The summed E-state index contributed by atoms with van der Waals surface area (Å²) in [5.41, 5.74) is 0.